The molecule has 0 amide bonds. The third-order valence-corrected chi connectivity index (χ3v) is 2.92. The minimum absolute atomic E-state index is 0.584. The molecular formula is C14H19ClN2O2. The molecular weight excluding hydrogens is 264 g/mol. The van der Waals surface area contributed by atoms with Crippen molar-refractivity contribution in [2.45, 2.75) is 13.0 Å². The standard InChI is InChI=1S/C14H19ClN2O2/c1-18-7-8-19-6-2-5-17-11-13-4-3-12(10-16)9-14(13)15/h3-4,9,17H,2,5-8,11H2,1H3. The fourth-order valence-electron chi connectivity index (χ4n) is 1.53. The van der Waals surface area contributed by atoms with Crippen molar-refractivity contribution >= 4 is 11.6 Å². The average Bonchev–Trinajstić information content (AvgIpc) is 2.43. The highest BCUT2D eigenvalue weighted by Crippen LogP contribution is 2.17. The second kappa shape index (κ2) is 9.76. The smallest absolute Gasteiger partial charge is 0.0992 e. The largest absolute Gasteiger partial charge is 0.382 e. The highest BCUT2D eigenvalue weighted by atomic mass is 35.5. The van der Waals surface area contributed by atoms with Crippen LogP contribution in [0.25, 0.3) is 0 Å². The van der Waals surface area contributed by atoms with Crippen LogP contribution >= 0.6 is 11.6 Å². The molecule has 0 bridgehead atoms. The molecule has 4 nitrogen and oxygen atoms in total. The van der Waals surface area contributed by atoms with Crippen LogP contribution in [0.2, 0.25) is 5.02 Å². The van der Waals surface area contributed by atoms with Gasteiger partial charge in [0.15, 0.2) is 0 Å². The van der Waals surface area contributed by atoms with Crippen LogP contribution < -0.4 is 5.32 Å². The number of ether oxygens (including phenoxy) is 2. The Morgan fingerprint density at radius 1 is 1.32 bits per heavy atom. The first-order valence-electron chi connectivity index (χ1n) is 6.24. The van der Waals surface area contributed by atoms with E-state index < -0.39 is 0 Å². The molecule has 1 N–H and O–H groups in total. The van der Waals surface area contributed by atoms with E-state index in [-0.39, 0.29) is 0 Å². The predicted molar refractivity (Wildman–Crippen MR) is 75.2 cm³/mol. The van der Waals surface area contributed by atoms with Crippen LogP contribution in [0.3, 0.4) is 0 Å². The summed E-state index contributed by atoms with van der Waals surface area (Å²) in [5.41, 5.74) is 1.58. The Bertz CT molecular complexity index is 418. The van der Waals surface area contributed by atoms with Crippen LogP contribution in [0, 0.1) is 11.3 Å². The normalized spacial score (nSPS) is 10.4. The molecule has 0 aliphatic carbocycles. The fraction of sp³-hybridized carbons (Fsp3) is 0.500. The van der Waals surface area contributed by atoms with Crippen molar-refractivity contribution in [2.24, 2.45) is 0 Å². The SMILES string of the molecule is COCCOCCCNCc1ccc(C#N)cc1Cl. The number of benzene rings is 1. The Morgan fingerprint density at radius 2 is 2.16 bits per heavy atom. The molecule has 0 unspecified atom stereocenters. The zero-order valence-electron chi connectivity index (χ0n) is 11.1. The molecule has 0 aliphatic rings. The first-order valence-corrected chi connectivity index (χ1v) is 6.61. The van der Waals surface area contributed by atoms with Gasteiger partial charge in [-0.2, -0.15) is 5.26 Å². The molecule has 0 atom stereocenters. The van der Waals surface area contributed by atoms with Crippen molar-refractivity contribution in [2.75, 3.05) is 33.5 Å². The molecule has 0 fully saturated rings. The van der Waals surface area contributed by atoms with Gasteiger partial charge in [-0.15, -0.1) is 0 Å². The Kier molecular flexibility index (Phi) is 8.19. The Morgan fingerprint density at radius 3 is 2.84 bits per heavy atom. The maximum absolute atomic E-state index is 8.74. The number of nitriles is 1. The van der Waals surface area contributed by atoms with Crippen molar-refractivity contribution in [1.29, 1.82) is 5.26 Å². The Labute approximate surface area is 119 Å². The van der Waals surface area contributed by atoms with Gasteiger partial charge >= 0.3 is 0 Å². The van der Waals surface area contributed by atoms with E-state index in [2.05, 4.69) is 11.4 Å². The number of nitrogens with zero attached hydrogens (tertiary/aromatic N) is 1. The molecule has 0 saturated heterocycles. The second-order valence-electron chi connectivity index (χ2n) is 4.05. The van der Waals surface area contributed by atoms with E-state index in [1.165, 1.54) is 0 Å². The highest BCUT2D eigenvalue weighted by molar-refractivity contribution is 6.31. The molecule has 0 aliphatic heterocycles. The third-order valence-electron chi connectivity index (χ3n) is 2.57. The van der Waals surface area contributed by atoms with E-state index in [1.54, 1.807) is 19.2 Å². The molecule has 1 rings (SSSR count). The van der Waals surface area contributed by atoms with Crippen molar-refractivity contribution in [1.82, 2.24) is 5.32 Å². The van der Waals surface area contributed by atoms with Crippen LogP contribution in [0.15, 0.2) is 18.2 Å². The molecule has 1 aromatic carbocycles. The minimum Gasteiger partial charge on any atom is -0.382 e. The van der Waals surface area contributed by atoms with Crippen molar-refractivity contribution < 1.29 is 9.47 Å². The van der Waals surface area contributed by atoms with Gasteiger partial charge in [-0.1, -0.05) is 17.7 Å². The van der Waals surface area contributed by atoms with E-state index >= 15 is 0 Å². The molecule has 0 radical (unpaired) electrons. The van der Waals surface area contributed by atoms with Crippen LogP contribution in [0.5, 0.6) is 0 Å². The molecule has 0 aromatic heterocycles. The van der Waals surface area contributed by atoms with Crippen LogP contribution in [0.4, 0.5) is 0 Å². The average molecular weight is 283 g/mol. The lowest BCUT2D eigenvalue weighted by Gasteiger charge is -2.07. The maximum atomic E-state index is 8.74. The summed E-state index contributed by atoms with van der Waals surface area (Å²) in [5, 5.41) is 12.7. The first-order chi connectivity index (χ1) is 9.27. The van der Waals surface area contributed by atoms with Gasteiger partial charge in [-0.3, -0.25) is 0 Å². The molecule has 0 heterocycles. The van der Waals surface area contributed by atoms with Gasteiger partial charge < -0.3 is 14.8 Å². The zero-order chi connectivity index (χ0) is 13.9. The summed E-state index contributed by atoms with van der Waals surface area (Å²) in [6.45, 7) is 3.55. The van der Waals surface area contributed by atoms with Gasteiger partial charge in [0.05, 0.1) is 24.8 Å². The molecule has 0 saturated carbocycles. The Balaban J connectivity index is 2.14. The minimum atomic E-state index is 0.584. The maximum Gasteiger partial charge on any atom is 0.0992 e. The molecule has 0 spiro atoms. The van der Waals surface area contributed by atoms with Gasteiger partial charge in [0.1, 0.15) is 0 Å². The molecule has 1 aromatic rings. The van der Waals surface area contributed by atoms with Gasteiger partial charge in [0, 0.05) is 25.3 Å². The van der Waals surface area contributed by atoms with Crippen LogP contribution in [-0.4, -0.2) is 33.5 Å². The first kappa shape index (κ1) is 15.9. The van der Waals surface area contributed by atoms with E-state index in [0.717, 1.165) is 25.1 Å². The molecule has 104 valence electrons. The van der Waals surface area contributed by atoms with Gasteiger partial charge in [-0.25, -0.2) is 0 Å². The van der Waals surface area contributed by atoms with E-state index in [9.17, 15) is 0 Å². The van der Waals surface area contributed by atoms with Gasteiger partial charge in [0.25, 0.3) is 0 Å². The van der Waals surface area contributed by atoms with Crippen LogP contribution in [0.1, 0.15) is 17.5 Å². The van der Waals surface area contributed by atoms with Crippen molar-refractivity contribution in [3.05, 3.63) is 34.3 Å². The quantitative estimate of drug-likeness (QED) is 0.707. The number of halogens is 1. The van der Waals surface area contributed by atoms with Gasteiger partial charge in [0.2, 0.25) is 0 Å². The molecule has 5 heteroatoms. The summed E-state index contributed by atoms with van der Waals surface area (Å²) in [6, 6.07) is 7.40. The monoisotopic (exact) mass is 282 g/mol. The number of hydrogen-bond donors (Lipinski definition) is 1. The Hall–Kier alpha value is -1.12. The van der Waals surface area contributed by atoms with Gasteiger partial charge in [-0.05, 0) is 30.7 Å². The lowest BCUT2D eigenvalue weighted by atomic mass is 10.1. The zero-order valence-corrected chi connectivity index (χ0v) is 11.9. The van der Waals surface area contributed by atoms with Crippen LogP contribution in [-0.2, 0) is 16.0 Å². The van der Waals surface area contributed by atoms with E-state index in [0.29, 0.717) is 30.3 Å². The summed E-state index contributed by atoms with van der Waals surface area (Å²) >= 11 is 6.08. The number of hydrogen-bond acceptors (Lipinski definition) is 4. The summed E-state index contributed by atoms with van der Waals surface area (Å²) in [4.78, 5) is 0. The van der Waals surface area contributed by atoms with Crippen molar-refractivity contribution in [3.63, 3.8) is 0 Å². The number of methoxy groups -OCH3 is 1. The predicted octanol–water partition coefficient (Wildman–Crippen LogP) is 2.35. The number of rotatable bonds is 9. The second-order valence-corrected chi connectivity index (χ2v) is 4.46. The lowest BCUT2D eigenvalue weighted by molar-refractivity contribution is 0.0695. The lowest BCUT2D eigenvalue weighted by Crippen LogP contribution is -2.17. The highest BCUT2D eigenvalue weighted by Gasteiger charge is 2.01. The third kappa shape index (κ3) is 6.55. The molecule has 19 heavy (non-hydrogen) atoms. The summed E-state index contributed by atoms with van der Waals surface area (Å²) < 4.78 is 10.2. The van der Waals surface area contributed by atoms with E-state index in [1.807, 2.05) is 6.07 Å². The summed E-state index contributed by atoms with van der Waals surface area (Å²) in [7, 11) is 1.66. The fourth-order valence-corrected chi connectivity index (χ4v) is 1.77. The topological polar surface area (TPSA) is 54.3 Å². The summed E-state index contributed by atoms with van der Waals surface area (Å²) in [6.07, 6.45) is 0.942. The van der Waals surface area contributed by atoms with E-state index in [4.69, 9.17) is 26.3 Å². The van der Waals surface area contributed by atoms with Crippen molar-refractivity contribution in [3.8, 4) is 6.07 Å². The summed E-state index contributed by atoms with van der Waals surface area (Å²) in [5.74, 6) is 0. The number of nitrogens with one attached hydrogen (secondary N) is 1.